The van der Waals surface area contributed by atoms with Crippen molar-refractivity contribution in [2.24, 2.45) is 4.99 Å². The van der Waals surface area contributed by atoms with E-state index in [4.69, 9.17) is 16.3 Å². The second kappa shape index (κ2) is 9.05. The molecule has 0 spiro atoms. The number of aliphatic imine (C=N–C) groups is 1. The molecule has 0 radical (unpaired) electrons. The number of allylic oxidation sites excluding steroid dienone is 1. The summed E-state index contributed by atoms with van der Waals surface area (Å²) >= 11 is 7.70. The first-order chi connectivity index (χ1) is 13.8. The first-order valence-corrected chi connectivity index (χ1v) is 10.7. The third-order valence-electron chi connectivity index (χ3n) is 4.44. The van der Waals surface area contributed by atoms with E-state index >= 15 is 0 Å². The number of carbonyl (C=O) groups excluding carboxylic acids is 2. The molecule has 3 rings (SSSR count). The highest BCUT2D eigenvalue weighted by Crippen LogP contribution is 2.45. The highest BCUT2D eigenvalue weighted by Gasteiger charge is 2.41. The molecule has 8 heteroatoms. The number of carbonyl (C=O) groups is 2. The highest BCUT2D eigenvalue weighted by molar-refractivity contribution is 8.16. The molecule has 6 nitrogen and oxygen atoms in total. The summed E-state index contributed by atoms with van der Waals surface area (Å²) in [5.41, 5.74) is 2.68. The van der Waals surface area contributed by atoms with Gasteiger partial charge in [0.25, 0.3) is 0 Å². The number of amides is 1. The Morgan fingerprint density at radius 2 is 2.14 bits per heavy atom. The fourth-order valence-electron chi connectivity index (χ4n) is 3.32. The molecule has 0 aromatic heterocycles. The Morgan fingerprint density at radius 1 is 1.38 bits per heavy atom. The first-order valence-electron chi connectivity index (χ1n) is 9.49. The minimum absolute atomic E-state index is 0.0805. The number of nitrogens with one attached hydrogen (secondary N) is 1. The van der Waals surface area contributed by atoms with Crippen molar-refractivity contribution in [1.29, 1.82) is 0 Å². The molecule has 2 aliphatic heterocycles. The molecular formula is C21H24ClN3O3S. The van der Waals surface area contributed by atoms with Crippen LogP contribution in [0.25, 0.3) is 0 Å². The predicted molar refractivity (Wildman–Crippen MR) is 116 cm³/mol. The molecule has 2 aliphatic rings. The zero-order valence-corrected chi connectivity index (χ0v) is 18.4. The number of benzene rings is 1. The fraction of sp³-hybridized carbons (Fsp3) is 0.381. The Morgan fingerprint density at radius 3 is 2.79 bits per heavy atom. The predicted octanol–water partition coefficient (Wildman–Crippen LogP) is 4.39. The van der Waals surface area contributed by atoms with Gasteiger partial charge in [0, 0.05) is 17.3 Å². The number of ether oxygens (including phenoxy) is 1. The maximum absolute atomic E-state index is 13.0. The summed E-state index contributed by atoms with van der Waals surface area (Å²) in [7, 11) is 0. The molecule has 1 amide bonds. The number of fused-ring (bicyclic) bond motifs is 1. The minimum Gasteiger partial charge on any atom is -0.459 e. The zero-order valence-electron chi connectivity index (χ0n) is 16.9. The molecule has 1 aromatic carbocycles. The van der Waals surface area contributed by atoms with Gasteiger partial charge in [0.2, 0.25) is 5.91 Å². The zero-order chi connectivity index (χ0) is 21.1. The van der Waals surface area contributed by atoms with Crippen LogP contribution in [0.15, 0.2) is 51.6 Å². The standard InChI is InChI=1S/C21H24ClN3O3S/c1-5-23-17(26)10-16-11-29-21-24-13(4)18(20(27)28-12(2)3)19(25(16)21)14-7-6-8-15(22)9-14/h6-9,11-12,19H,5,10H2,1-4H3,(H,23,26). The minimum atomic E-state index is -0.469. The average Bonchev–Trinajstić information content (AvgIpc) is 3.02. The van der Waals surface area contributed by atoms with Gasteiger partial charge in [-0.1, -0.05) is 35.5 Å². The van der Waals surface area contributed by atoms with E-state index in [0.29, 0.717) is 22.8 Å². The number of rotatable bonds is 6. The summed E-state index contributed by atoms with van der Waals surface area (Å²) in [6, 6.07) is 6.92. The van der Waals surface area contributed by atoms with Gasteiger partial charge in [0.05, 0.1) is 29.8 Å². The van der Waals surface area contributed by atoms with Crippen LogP contribution in [0, 0.1) is 0 Å². The van der Waals surface area contributed by atoms with Gasteiger partial charge < -0.3 is 15.0 Å². The van der Waals surface area contributed by atoms with Crippen molar-refractivity contribution in [1.82, 2.24) is 10.2 Å². The van der Waals surface area contributed by atoms with Crippen LogP contribution in [0.5, 0.6) is 0 Å². The van der Waals surface area contributed by atoms with E-state index in [2.05, 4.69) is 10.3 Å². The lowest BCUT2D eigenvalue weighted by molar-refractivity contribution is -0.143. The molecule has 0 saturated carbocycles. The van der Waals surface area contributed by atoms with Crippen molar-refractivity contribution in [2.45, 2.75) is 46.3 Å². The van der Waals surface area contributed by atoms with E-state index in [1.54, 1.807) is 13.0 Å². The van der Waals surface area contributed by atoms with Crippen molar-refractivity contribution in [3.63, 3.8) is 0 Å². The third kappa shape index (κ3) is 4.67. The van der Waals surface area contributed by atoms with Crippen LogP contribution in [0.2, 0.25) is 5.02 Å². The molecule has 0 saturated heterocycles. The number of nitrogens with zero attached hydrogens (tertiary/aromatic N) is 2. The second-order valence-electron chi connectivity index (χ2n) is 7.03. The molecule has 1 unspecified atom stereocenters. The molecule has 2 heterocycles. The largest absolute Gasteiger partial charge is 0.459 e. The molecular weight excluding hydrogens is 410 g/mol. The summed E-state index contributed by atoms with van der Waals surface area (Å²) in [4.78, 5) is 31.8. The van der Waals surface area contributed by atoms with Gasteiger partial charge >= 0.3 is 5.97 Å². The fourth-order valence-corrected chi connectivity index (χ4v) is 4.49. The normalized spacial score (nSPS) is 18.4. The number of amidine groups is 1. The van der Waals surface area contributed by atoms with Crippen molar-refractivity contribution in [2.75, 3.05) is 6.54 Å². The monoisotopic (exact) mass is 433 g/mol. The Hall–Kier alpha value is -2.25. The molecule has 1 N–H and O–H groups in total. The lowest BCUT2D eigenvalue weighted by Crippen LogP contribution is -2.38. The van der Waals surface area contributed by atoms with Crippen LogP contribution in [0.4, 0.5) is 0 Å². The lowest BCUT2D eigenvalue weighted by Gasteiger charge is -2.36. The van der Waals surface area contributed by atoms with Gasteiger partial charge in [0.1, 0.15) is 0 Å². The van der Waals surface area contributed by atoms with E-state index in [1.807, 2.05) is 49.3 Å². The Kier molecular flexibility index (Phi) is 6.70. The molecule has 1 atom stereocenters. The number of hydrogen-bond acceptors (Lipinski definition) is 6. The van der Waals surface area contributed by atoms with E-state index in [9.17, 15) is 9.59 Å². The van der Waals surface area contributed by atoms with E-state index < -0.39 is 12.0 Å². The summed E-state index contributed by atoms with van der Waals surface area (Å²) in [5.74, 6) is -0.498. The number of halogens is 1. The summed E-state index contributed by atoms with van der Waals surface area (Å²) < 4.78 is 5.51. The first kappa shape index (κ1) is 21.5. The van der Waals surface area contributed by atoms with Gasteiger partial charge in [-0.05, 0) is 50.8 Å². The highest BCUT2D eigenvalue weighted by atomic mass is 35.5. The maximum Gasteiger partial charge on any atom is 0.338 e. The molecule has 29 heavy (non-hydrogen) atoms. The third-order valence-corrected chi connectivity index (χ3v) is 5.57. The molecule has 0 aliphatic carbocycles. The second-order valence-corrected chi connectivity index (χ2v) is 8.31. The van der Waals surface area contributed by atoms with Crippen LogP contribution < -0.4 is 5.32 Å². The van der Waals surface area contributed by atoms with Gasteiger partial charge in [-0.2, -0.15) is 0 Å². The quantitative estimate of drug-likeness (QED) is 0.673. The van der Waals surface area contributed by atoms with Crippen molar-refractivity contribution < 1.29 is 14.3 Å². The van der Waals surface area contributed by atoms with Gasteiger partial charge in [-0.3, -0.25) is 4.79 Å². The summed E-state index contributed by atoms with van der Waals surface area (Å²) in [6.07, 6.45) is -0.0610. The Bertz CT molecular complexity index is 924. The van der Waals surface area contributed by atoms with Crippen molar-refractivity contribution in [3.05, 3.63) is 57.2 Å². The number of hydrogen-bond donors (Lipinski definition) is 1. The molecule has 0 fully saturated rings. The SMILES string of the molecule is CCNC(=O)CC1=CSC2=NC(C)=C(C(=O)OC(C)C)C(c3cccc(Cl)c3)N12. The topological polar surface area (TPSA) is 71.0 Å². The Balaban J connectivity index is 2.07. The molecule has 1 aromatic rings. The van der Waals surface area contributed by atoms with E-state index in [-0.39, 0.29) is 18.4 Å². The molecule has 0 bridgehead atoms. The smallest absolute Gasteiger partial charge is 0.338 e. The van der Waals surface area contributed by atoms with E-state index in [1.165, 1.54) is 11.8 Å². The van der Waals surface area contributed by atoms with Gasteiger partial charge in [0.15, 0.2) is 5.17 Å². The van der Waals surface area contributed by atoms with Crippen molar-refractivity contribution >= 4 is 40.4 Å². The summed E-state index contributed by atoms with van der Waals surface area (Å²) in [5, 5.41) is 6.03. The Labute approximate surface area is 180 Å². The van der Waals surface area contributed by atoms with Crippen LogP contribution in [0.3, 0.4) is 0 Å². The average molecular weight is 434 g/mol. The van der Waals surface area contributed by atoms with Gasteiger partial charge in [-0.25, -0.2) is 9.79 Å². The van der Waals surface area contributed by atoms with Crippen molar-refractivity contribution in [3.8, 4) is 0 Å². The molecule has 154 valence electrons. The summed E-state index contributed by atoms with van der Waals surface area (Å²) in [6.45, 7) is 7.87. The van der Waals surface area contributed by atoms with E-state index in [0.717, 1.165) is 16.4 Å². The number of thioether (sulfide) groups is 1. The van der Waals surface area contributed by atoms with Crippen LogP contribution in [-0.4, -0.2) is 34.6 Å². The lowest BCUT2D eigenvalue weighted by atomic mass is 9.94. The maximum atomic E-state index is 13.0. The number of esters is 1. The van der Waals surface area contributed by atoms with Gasteiger partial charge in [-0.15, -0.1) is 0 Å². The van der Waals surface area contributed by atoms with Crippen LogP contribution in [0.1, 0.15) is 45.7 Å². The van der Waals surface area contributed by atoms with Crippen LogP contribution >= 0.6 is 23.4 Å². The van der Waals surface area contributed by atoms with Crippen LogP contribution in [-0.2, 0) is 14.3 Å².